The number of benzene rings is 2. The number of anilines is 2. The second-order valence-corrected chi connectivity index (χ2v) is 5.71. The van der Waals surface area contributed by atoms with Crippen LogP contribution in [0.5, 0.6) is 0 Å². The van der Waals surface area contributed by atoms with Crippen LogP contribution in [0.1, 0.15) is 17.3 Å². The zero-order valence-corrected chi connectivity index (χ0v) is 14.0. The minimum absolute atomic E-state index is 0.0415. The summed E-state index contributed by atoms with van der Waals surface area (Å²) in [6, 6.07) is 8.26. The van der Waals surface area contributed by atoms with Crippen LogP contribution < -0.4 is 11.1 Å². The third-order valence-electron chi connectivity index (χ3n) is 3.11. The number of hydrogen-bond acceptors (Lipinski definition) is 4. The maximum atomic E-state index is 13.7. The Morgan fingerprint density at radius 2 is 1.96 bits per heavy atom. The molecule has 0 bridgehead atoms. The first-order chi connectivity index (χ1) is 11.3. The van der Waals surface area contributed by atoms with Gasteiger partial charge in [-0.2, -0.15) is 0 Å². The topological polar surface area (TPSA) is 81.4 Å². The lowest BCUT2D eigenvalue weighted by atomic mass is 10.2. The molecule has 2 aromatic rings. The Morgan fingerprint density at radius 1 is 1.25 bits per heavy atom. The zero-order valence-electron chi connectivity index (χ0n) is 12.5. The molecule has 0 spiro atoms. The van der Waals surface area contributed by atoms with Crippen LogP contribution in [-0.2, 0) is 9.53 Å². The predicted octanol–water partition coefficient (Wildman–Crippen LogP) is 3.90. The van der Waals surface area contributed by atoms with Crippen LogP contribution in [0, 0.1) is 5.82 Å². The normalized spacial score (nSPS) is 11.7. The van der Waals surface area contributed by atoms with E-state index in [0.29, 0.717) is 0 Å². The van der Waals surface area contributed by atoms with E-state index in [1.807, 2.05) is 0 Å². The Hall–Kier alpha value is -2.31. The van der Waals surface area contributed by atoms with Crippen LogP contribution in [-0.4, -0.2) is 18.0 Å². The molecule has 126 valence electrons. The van der Waals surface area contributed by atoms with E-state index in [0.717, 1.165) is 6.07 Å². The lowest BCUT2D eigenvalue weighted by molar-refractivity contribution is -0.123. The molecule has 0 fully saturated rings. The summed E-state index contributed by atoms with van der Waals surface area (Å²) >= 11 is 11.5. The van der Waals surface area contributed by atoms with Gasteiger partial charge >= 0.3 is 5.97 Å². The summed E-state index contributed by atoms with van der Waals surface area (Å²) in [7, 11) is 0. The van der Waals surface area contributed by atoms with Gasteiger partial charge in [0, 0.05) is 5.02 Å². The van der Waals surface area contributed by atoms with Crippen LogP contribution in [0.2, 0.25) is 10.0 Å². The molecule has 2 rings (SSSR count). The van der Waals surface area contributed by atoms with Crippen molar-refractivity contribution >= 4 is 46.5 Å². The number of hydrogen-bond donors (Lipinski definition) is 2. The molecule has 24 heavy (non-hydrogen) atoms. The molecule has 0 aromatic heterocycles. The third-order valence-corrected chi connectivity index (χ3v) is 3.68. The number of nitrogens with one attached hydrogen (secondary N) is 1. The van der Waals surface area contributed by atoms with Crippen molar-refractivity contribution in [2.24, 2.45) is 0 Å². The van der Waals surface area contributed by atoms with Gasteiger partial charge in [-0.15, -0.1) is 0 Å². The van der Waals surface area contributed by atoms with E-state index in [1.54, 1.807) is 0 Å². The molecule has 2 aromatic carbocycles. The molecule has 0 heterocycles. The number of amides is 1. The minimum atomic E-state index is -1.18. The van der Waals surface area contributed by atoms with Crippen LogP contribution in [0.25, 0.3) is 0 Å². The van der Waals surface area contributed by atoms with Gasteiger partial charge in [0.15, 0.2) is 6.10 Å². The Bertz CT molecular complexity index is 799. The second kappa shape index (κ2) is 7.51. The third kappa shape index (κ3) is 4.15. The van der Waals surface area contributed by atoms with E-state index in [9.17, 15) is 14.0 Å². The molecule has 0 aliphatic carbocycles. The van der Waals surface area contributed by atoms with Gasteiger partial charge < -0.3 is 15.8 Å². The summed E-state index contributed by atoms with van der Waals surface area (Å²) in [4.78, 5) is 24.1. The number of rotatable bonds is 4. The average Bonchev–Trinajstić information content (AvgIpc) is 2.52. The Morgan fingerprint density at radius 3 is 2.62 bits per heavy atom. The summed E-state index contributed by atoms with van der Waals surface area (Å²) in [6.07, 6.45) is -1.18. The van der Waals surface area contributed by atoms with Crippen LogP contribution >= 0.6 is 23.2 Å². The smallest absolute Gasteiger partial charge is 0.341 e. The number of nitrogens with two attached hydrogens (primary N) is 1. The van der Waals surface area contributed by atoms with Gasteiger partial charge in [0.25, 0.3) is 5.91 Å². The van der Waals surface area contributed by atoms with Crippen molar-refractivity contribution in [3.8, 4) is 0 Å². The molecule has 8 heteroatoms. The lowest BCUT2D eigenvalue weighted by Gasteiger charge is -2.15. The highest BCUT2D eigenvalue weighted by molar-refractivity contribution is 6.33. The van der Waals surface area contributed by atoms with E-state index in [2.05, 4.69) is 5.32 Å². The molecule has 1 unspecified atom stereocenters. The Kier molecular flexibility index (Phi) is 5.64. The summed E-state index contributed by atoms with van der Waals surface area (Å²) in [5.74, 6) is -2.21. The van der Waals surface area contributed by atoms with Gasteiger partial charge in [-0.3, -0.25) is 4.79 Å². The average molecular weight is 371 g/mol. The number of carbonyl (C=O) groups excluding carboxylic acids is 2. The van der Waals surface area contributed by atoms with Crippen molar-refractivity contribution in [2.75, 3.05) is 11.1 Å². The summed E-state index contributed by atoms with van der Waals surface area (Å²) in [5, 5.41) is 2.71. The van der Waals surface area contributed by atoms with Crippen molar-refractivity contribution < 1.29 is 18.7 Å². The van der Waals surface area contributed by atoms with Gasteiger partial charge in [0.1, 0.15) is 5.82 Å². The van der Waals surface area contributed by atoms with Gasteiger partial charge in [0.05, 0.1) is 22.0 Å². The van der Waals surface area contributed by atoms with Crippen LogP contribution in [0.4, 0.5) is 15.8 Å². The first-order valence-corrected chi connectivity index (χ1v) is 7.56. The van der Waals surface area contributed by atoms with E-state index in [4.69, 9.17) is 33.7 Å². The van der Waals surface area contributed by atoms with Crippen molar-refractivity contribution in [1.82, 2.24) is 0 Å². The fourth-order valence-electron chi connectivity index (χ4n) is 1.82. The van der Waals surface area contributed by atoms with E-state index in [-0.39, 0.29) is 27.0 Å². The maximum Gasteiger partial charge on any atom is 0.341 e. The van der Waals surface area contributed by atoms with Crippen LogP contribution in [0.15, 0.2) is 36.4 Å². The highest BCUT2D eigenvalue weighted by Gasteiger charge is 2.22. The van der Waals surface area contributed by atoms with E-state index < -0.39 is 23.8 Å². The van der Waals surface area contributed by atoms with E-state index in [1.165, 1.54) is 37.3 Å². The van der Waals surface area contributed by atoms with Crippen molar-refractivity contribution in [1.29, 1.82) is 0 Å². The molecular formula is C16H13Cl2FN2O3. The molecule has 5 nitrogen and oxygen atoms in total. The Balaban J connectivity index is 2.06. The number of halogens is 3. The van der Waals surface area contributed by atoms with Crippen LogP contribution in [0.3, 0.4) is 0 Å². The standard InChI is InChI=1S/C16H13Cl2FN2O3/c1-8(15(22)21-13-6-5-9(17)7-12(13)19)24-16(23)10-3-2-4-11(18)14(10)20/h2-8H,20H2,1H3,(H,21,22). The minimum Gasteiger partial charge on any atom is -0.449 e. The molecule has 3 N–H and O–H groups in total. The van der Waals surface area contributed by atoms with Crippen molar-refractivity contribution in [3.05, 3.63) is 57.8 Å². The highest BCUT2D eigenvalue weighted by atomic mass is 35.5. The number of carbonyl (C=O) groups is 2. The van der Waals surface area contributed by atoms with Gasteiger partial charge in [0.2, 0.25) is 0 Å². The lowest BCUT2D eigenvalue weighted by Crippen LogP contribution is -2.30. The molecule has 0 aliphatic rings. The Labute approximate surface area is 147 Å². The highest BCUT2D eigenvalue weighted by Crippen LogP contribution is 2.24. The largest absolute Gasteiger partial charge is 0.449 e. The van der Waals surface area contributed by atoms with Gasteiger partial charge in [-0.25, -0.2) is 9.18 Å². The summed E-state index contributed by atoms with van der Waals surface area (Å²) in [6.45, 7) is 1.35. The summed E-state index contributed by atoms with van der Waals surface area (Å²) < 4.78 is 18.7. The van der Waals surface area contributed by atoms with Gasteiger partial charge in [-0.05, 0) is 37.3 Å². The van der Waals surface area contributed by atoms with E-state index >= 15 is 0 Å². The monoisotopic (exact) mass is 370 g/mol. The molecule has 1 amide bonds. The number of nitrogen functional groups attached to an aromatic ring is 1. The first-order valence-electron chi connectivity index (χ1n) is 6.80. The molecule has 0 saturated carbocycles. The molecule has 0 aliphatic heterocycles. The molecule has 0 radical (unpaired) electrons. The summed E-state index contributed by atoms with van der Waals surface area (Å²) in [5.41, 5.74) is 5.72. The second-order valence-electron chi connectivity index (χ2n) is 4.86. The zero-order chi connectivity index (χ0) is 17.9. The maximum absolute atomic E-state index is 13.7. The fraction of sp³-hybridized carbons (Fsp3) is 0.125. The van der Waals surface area contributed by atoms with Crippen molar-refractivity contribution in [2.45, 2.75) is 13.0 Å². The SMILES string of the molecule is CC(OC(=O)c1cccc(Cl)c1N)C(=O)Nc1ccc(Cl)cc1F. The number of esters is 1. The molecular weight excluding hydrogens is 358 g/mol. The van der Waals surface area contributed by atoms with Crippen molar-refractivity contribution in [3.63, 3.8) is 0 Å². The van der Waals surface area contributed by atoms with Gasteiger partial charge in [-0.1, -0.05) is 29.3 Å². The quantitative estimate of drug-likeness (QED) is 0.631. The number of ether oxygens (including phenoxy) is 1. The fourth-order valence-corrected chi connectivity index (χ4v) is 2.15. The first kappa shape index (κ1) is 18.0. The molecule has 0 saturated heterocycles. The predicted molar refractivity (Wildman–Crippen MR) is 90.8 cm³/mol. The molecule has 1 atom stereocenters. The number of para-hydroxylation sites is 1.